The average molecular weight is 351 g/mol. The number of carbonyl (C=O) groups excluding carboxylic acids is 1. The van der Waals surface area contributed by atoms with E-state index in [1.165, 1.54) is 0 Å². The molecule has 1 saturated carbocycles. The first-order valence-electron chi connectivity index (χ1n) is 8.70. The number of fused-ring (bicyclic) bond motifs is 1. The second kappa shape index (κ2) is 5.83. The largest absolute Gasteiger partial charge is 0.481 e. The summed E-state index contributed by atoms with van der Waals surface area (Å²) in [7, 11) is 0. The molecule has 0 spiro atoms. The van der Waals surface area contributed by atoms with Crippen LogP contribution >= 0.6 is 0 Å². The number of anilines is 2. The van der Waals surface area contributed by atoms with E-state index in [1.54, 1.807) is 6.20 Å². The molecule has 0 saturated heterocycles. The molecule has 1 aromatic heterocycles. The van der Waals surface area contributed by atoms with Crippen molar-refractivity contribution in [3.63, 3.8) is 0 Å². The number of carbonyl (C=O) groups is 2. The smallest absolute Gasteiger partial charge is 0.307 e. The third kappa shape index (κ3) is 2.62. The summed E-state index contributed by atoms with van der Waals surface area (Å²) in [5.74, 6) is -1.34. The minimum atomic E-state index is -0.908. The van der Waals surface area contributed by atoms with Gasteiger partial charge in [-0.05, 0) is 34.7 Å². The maximum absolute atomic E-state index is 12.7. The number of aliphatic carboxylic acids is 1. The van der Waals surface area contributed by atoms with Gasteiger partial charge in [0.2, 0.25) is 5.91 Å². The van der Waals surface area contributed by atoms with Gasteiger partial charge in [0.15, 0.2) is 0 Å². The highest BCUT2D eigenvalue weighted by atomic mass is 16.4. The molecule has 0 bridgehead atoms. The Kier molecular flexibility index (Phi) is 3.72. The van der Waals surface area contributed by atoms with Gasteiger partial charge in [-0.3, -0.25) is 9.59 Å². The van der Waals surface area contributed by atoms with Gasteiger partial charge in [0, 0.05) is 25.0 Å². The number of benzene rings is 1. The van der Waals surface area contributed by atoms with Crippen LogP contribution in [0.25, 0.3) is 0 Å². The molecule has 134 valence electrons. The van der Waals surface area contributed by atoms with Gasteiger partial charge in [-0.25, -0.2) is 4.98 Å². The molecule has 1 aromatic carbocycles. The molecule has 2 aromatic rings. The lowest BCUT2D eigenvalue weighted by Gasteiger charge is -2.16. The monoisotopic (exact) mass is 351 g/mol. The number of amides is 1. The van der Waals surface area contributed by atoms with Crippen molar-refractivity contribution in [2.45, 2.75) is 26.9 Å². The lowest BCUT2D eigenvalue weighted by molar-refractivity contribution is -0.140. The van der Waals surface area contributed by atoms with E-state index >= 15 is 0 Å². The quantitative estimate of drug-likeness (QED) is 0.885. The zero-order valence-electron chi connectivity index (χ0n) is 14.8. The van der Waals surface area contributed by atoms with Gasteiger partial charge in [-0.1, -0.05) is 32.0 Å². The summed E-state index contributed by atoms with van der Waals surface area (Å²) in [4.78, 5) is 30.5. The molecule has 2 aliphatic rings. The van der Waals surface area contributed by atoms with Gasteiger partial charge >= 0.3 is 5.97 Å². The standard InChI is InChI=1S/C20H21N3O3/c1-20(2)16(17(20)19(25)26)18(24)22-14-7-5-6-12-10-23(11-13(12)14)15-8-3-4-9-21-15/h3-9,16-17H,10-11H2,1-2H3,(H,22,24)(H,25,26)/t16-,17+/m1/s1. The van der Waals surface area contributed by atoms with Crippen LogP contribution in [0.1, 0.15) is 25.0 Å². The Hall–Kier alpha value is -2.89. The van der Waals surface area contributed by atoms with Crippen molar-refractivity contribution >= 4 is 23.4 Å². The van der Waals surface area contributed by atoms with Gasteiger partial charge in [-0.2, -0.15) is 0 Å². The fourth-order valence-corrected chi connectivity index (χ4v) is 4.04. The Morgan fingerprint density at radius 2 is 1.96 bits per heavy atom. The molecule has 2 heterocycles. The highest BCUT2D eigenvalue weighted by Crippen LogP contribution is 2.58. The predicted octanol–water partition coefficient (Wildman–Crippen LogP) is 2.90. The minimum Gasteiger partial charge on any atom is -0.481 e. The Balaban J connectivity index is 1.54. The van der Waals surface area contributed by atoms with E-state index in [0.29, 0.717) is 6.54 Å². The van der Waals surface area contributed by atoms with Crippen molar-refractivity contribution in [2.24, 2.45) is 17.3 Å². The summed E-state index contributed by atoms with van der Waals surface area (Å²) in [6.07, 6.45) is 1.77. The lowest BCUT2D eigenvalue weighted by Crippen LogP contribution is -2.19. The second-order valence-corrected chi connectivity index (χ2v) is 7.59. The SMILES string of the molecule is CC1(C)[C@H](C(=O)O)[C@@H]1C(=O)Nc1cccc2c1CN(c1ccccn1)C2. The third-order valence-electron chi connectivity index (χ3n) is 5.59. The van der Waals surface area contributed by atoms with E-state index in [0.717, 1.165) is 29.2 Å². The summed E-state index contributed by atoms with van der Waals surface area (Å²) in [5.41, 5.74) is 2.47. The molecule has 4 rings (SSSR count). The van der Waals surface area contributed by atoms with Crippen LogP contribution in [0.5, 0.6) is 0 Å². The van der Waals surface area contributed by atoms with Crippen molar-refractivity contribution in [1.29, 1.82) is 0 Å². The van der Waals surface area contributed by atoms with E-state index in [1.807, 2.05) is 44.2 Å². The van der Waals surface area contributed by atoms with Gasteiger partial charge in [0.05, 0.1) is 11.8 Å². The molecule has 1 aliphatic carbocycles. The van der Waals surface area contributed by atoms with Crippen molar-refractivity contribution in [3.05, 3.63) is 53.7 Å². The molecule has 6 nitrogen and oxygen atoms in total. The van der Waals surface area contributed by atoms with Crippen LogP contribution in [-0.2, 0) is 22.7 Å². The first-order valence-corrected chi connectivity index (χ1v) is 8.70. The molecule has 0 radical (unpaired) electrons. The van der Waals surface area contributed by atoms with Crippen molar-refractivity contribution < 1.29 is 14.7 Å². The van der Waals surface area contributed by atoms with E-state index in [4.69, 9.17) is 0 Å². The van der Waals surface area contributed by atoms with Crippen molar-refractivity contribution in [3.8, 4) is 0 Å². The Labute approximate surface area is 151 Å². The van der Waals surface area contributed by atoms with Crippen LogP contribution in [0.4, 0.5) is 11.5 Å². The summed E-state index contributed by atoms with van der Waals surface area (Å²) in [5, 5.41) is 12.3. The van der Waals surface area contributed by atoms with Crippen molar-refractivity contribution in [1.82, 2.24) is 4.98 Å². The molecule has 1 amide bonds. The average Bonchev–Trinajstić information content (AvgIpc) is 2.98. The molecule has 2 atom stereocenters. The van der Waals surface area contributed by atoms with Crippen LogP contribution in [0.3, 0.4) is 0 Å². The molecule has 1 fully saturated rings. The van der Waals surface area contributed by atoms with Gasteiger partial charge in [0.1, 0.15) is 5.82 Å². The topological polar surface area (TPSA) is 82.5 Å². The Morgan fingerprint density at radius 3 is 2.62 bits per heavy atom. The van der Waals surface area contributed by atoms with Gasteiger partial charge in [0.25, 0.3) is 0 Å². The Bertz CT molecular complexity index is 879. The fraction of sp³-hybridized carbons (Fsp3) is 0.350. The highest BCUT2D eigenvalue weighted by molar-refractivity contribution is 6.00. The van der Waals surface area contributed by atoms with Crippen LogP contribution in [0.2, 0.25) is 0 Å². The first-order chi connectivity index (χ1) is 12.4. The maximum atomic E-state index is 12.7. The van der Waals surface area contributed by atoms with Crippen LogP contribution in [-0.4, -0.2) is 22.0 Å². The third-order valence-corrected chi connectivity index (χ3v) is 5.59. The summed E-state index contributed by atoms with van der Waals surface area (Å²) < 4.78 is 0. The highest BCUT2D eigenvalue weighted by Gasteiger charge is 2.65. The molecule has 1 aliphatic heterocycles. The number of aromatic nitrogens is 1. The molecular weight excluding hydrogens is 330 g/mol. The molecule has 2 N–H and O–H groups in total. The van der Waals surface area contributed by atoms with Gasteiger partial charge < -0.3 is 15.3 Å². The number of carboxylic acids is 1. The fourth-order valence-electron chi connectivity index (χ4n) is 4.04. The number of carboxylic acid groups (broad SMARTS) is 1. The van der Waals surface area contributed by atoms with Gasteiger partial charge in [-0.15, -0.1) is 0 Å². The Morgan fingerprint density at radius 1 is 1.15 bits per heavy atom. The minimum absolute atomic E-state index is 0.216. The second-order valence-electron chi connectivity index (χ2n) is 7.59. The zero-order chi connectivity index (χ0) is 18.5. The van der Waals surface area contributed by atoms with E-state index in [-0.39, 0.29) is 5.91 Å². The number of hydrogen-bond donors (Lipinski definition) is 2. The van der Waals surface area contributed by atoms with Crippen LogP contribution in [0, 0.1) is 17.3 Å². The number of hydrogen-bond acceptors (Lipinski definition) is 4. The number of nitrogens with one attached hydrogen (secondary N) is 1. The first kappa shape index (κ1) is 16.6. The summed E-state index contributed by atoms with van der Waals surface area (Å²) in [6.45, 7) is 5.06. The van der Waals surface area contributed by atoms with Crippen LogP contribution < -0.4 is 10.2 Å². The van der Waals surface area contributed by atoms with E-state index < -0.39 is 23.2 Å². The maximum Gasteiger partial charge on any atom is 0.307 e. The molecule has 0 unspecified atom stereocenters. The molecular formula is C20H21N3O3. The molecule has 6 heteroatoms. The number of rotatable bonds is 4. The summed E-state index contributed by atoms with van der Waals surface area (Å²) in [6, 6.07) is 11.7. The molecule has 26 heavy (non-hydrogen) atoms. The summed E-state index contributed by atoms with van der Waals surface area (Å²) >= 11 is 0. The van der Waals surface area contributed by atoms with Crippen LogP contribution in [0.15, 0.2) is 42.6 Å². The predicted molar refractivity (Wildman–Crippen MR) is 97.6 cm³/mol. The van der Waals surface area contributed by atoms with E-state index in [2.05, 4.69) is 21.3 Å². The lowest BCUT2D eigenvalue weighted by atomic mass is 10.1. The zero-order valence-corrected chi connectivity index (χ0v) is 14.8. The number of pyridine rings is 1. The number of nitrogens with zero attached hydrogens (tertiary/aromatic N) is 2. The normalized spacial score (nSPS) is 22.6. The van der Waals surface area contributed by atoms with E-state index in [9.17, 15) is 14.7 Å². The van der Waals surface area contributed by atoms with Crippen molar-refractivity contribution in [2.75, 3.05) is 10.2 Å².